The molecular formula is C12H17ClN4O. The van der Waals surface area contributed by atoms with Crippen LogP contribution in [-0.2, 0) is 0 Å². The molecule has 1 unspecified atom stereocenters. The number of likely N-dealkylation sites (tertiary alicyclic amines) is 1. The smallest absolute Gasteiger partial charge is 0.255 e. The van der Waals surface area contributed by atoms with Gasteiger partial charge in [-0.15, -0.1) is 0 Å². The number of carbonyl (C=O) groups is 1. The van der Waals surface area contributed by atoms with Crippen molar-refractivity contribution in [2.75, 3.05) is 32.9 Å². The Morgan fingerprint density at radius 2 is 2.33 bits per heavy atom. The molecule has 0 saturated carbocycles. The quantitative estimate of drug-likeness (QED) is 0.872. The molecule has 1 fully saturated rings. The van der Waals surface area contributed by atoms with E-state index in [9.17, 15) is 4.79 Å². The van der Waals surface area contributed by atoms with Gasteiger partial charge in [-0.1, -0.05) is 11.6 Å². The zero-order chi connectivity index (χ0) is 13.3. The molecule has 5 nitrogen and oxygen atoms in total. The summed E-state index contributed by atoms with van der Waals surface area (Å²) in [5.74, 6) is 0.240. The summed E-state index contributed by atoms with van der Waals surface area (Å²) < 4.78 is 0. The lowest BCUT2D eigenvalue weighted by Crippen LogP contribution is -2.34. The van der Waals surface area contributed by atoms with Crippen molar-refractivity contribution in [2.24, 2.45) is 0 Å². The number of halogens is 1. The highest BCUT2D eigenvalue weighted by Gasteiger charge is 2.29. The molecule has 1 aromatic heterocycles. The first-order chi connectivity index (χ1) is 8.49. The number of nitrogens with zero attached hydrogens (tertiary/aromatic N) is 3. The zero-order valence-corrected chi connectivity index (χ0v) is 11.3. The van der Waals surface area contributed by atoms with Gasteiger partial charge in [-0.05, 0) is 26.6 Å². The SMILES string of the molecule is CN(C)C1CCN(C(=O)c2cc(N)ncc2Cl)C1. The molecule has 2 rings (SSSR count). The molecule has 0 aromatic carbocycles. The van der Waals surface area contributed by atoms with Gasteiger partial charge in [0.05, 0.1) is 10.6 Å². The third-order valence-electron chi connectivity index (χ3n) is 3.29. The van der Waals surface area contributed by atoms with Gasteiger partial charge in [0.2, 0.25) is 0 Å². The Morgan fingerprint density at radius 3 is 2.94 bits per heavy atom. The Balaban J connectivity index is 2.15. The number of rotatable bonds is 2. The molecule has 0 aliphatic carbocycles. The van der Waals surface area contributed by atoms with Crippen molar-refractivity contribution in [1.82, 2.24) is 14.8 Å². The molecule has 0 spiro atoms. The molecule has 0 bridgehead atoms. The van der Waals surface area contributed by atoms with Crippen molar-refractivity contribution in [3.63, 3.8) is 0 Å². The summed E-state index contributed by atoms with van der Waals surface area (Å²) in [5.41, 5.74) is 6.02. The second-order valence-corrected chi connectivity index (χ2v) is 5.15. The number of nitrogens with two attached hydrogens (primary N) is 1. The van der Waals surface area contributed by atoms with E-state index in [0.717, 1.165) is 19.5 Å². The molecule has 6 heteroatoms. The fourth-order valence-corrected chi connectivity index (χ4v) is 2.32. The van der Waals surface area contributed by atoms with Crippen molar-refractivity contribution in [3.05, 3.63) is 22.8 Å². The van der Waals surface area contributed by atoms with Crippen LogP contribution in [-0.4, -0.2) is 53.9 Å². The van der Waals surface area contributed by atoms with Crippen LogP contribution in [0, 0.1) is 0 Å². The van der Waals surface area contributed by atoms with Crippen LogP contribution in [0.15, 0.2) is 12.3 Å². The number of anilines is 1. The average Bonchev–Trinajstić information content (AvgIpc) is 2.81. The number of carbonyl (C=O) groups excluding carboxylic acids is 1. The molecule has 2 heterocycles. The molecule has 1 saturated heterocycles. The van der Waals surface area contributed by atoms with E-state index < -0.39 is 0 Å². The van der Waals surface area contributed by atoms with Crippen LogP contribution < -0.4 is 5.73 Å². The summed E-state index contributed by atoms with van der Waals surface area (Å²) >= 11 is 5.99. The molecule has 1 amide bonds. The van der Waals surface area contributed by atoms with E-state index in [1.807, 2.05) is 19.0 Å². The molecule has 1 aromatic rings. The van der Waals surface area contributed by atoms with Crippen LogP contribution in [0.3, 0.4) is 0 Å². The fraction of sp³-hybridized carbons (Fsp3) is 0.500. The molecule has 0 radical (unpaired) electrons. The minimum absolute atomic E-state index is 0.0709. The summed E-state index contributed by atoms with van der Waals surface area (Å²) in [7, 11) is 4.05. The highest BCUT2D eigenvalue weighted by molar-refractivity contribution is 6.33. The van der Waals surface area contributed by atoms with Crippen LogP contribution in [0.25, 0.3) is 0 Å². The van der Waals surface area contributed by atoms with Crippen LogP contribution in [0.5, 0.6) is 0 Å². The summed E-state index contributed by atoms with van der Waals surface area (Å²) in [6, 6.07) is 1.94. The van der Waals surface area contributed by atoms with Crippen molar-refractivity contribution in [2.45, 2.75) is 12.5 Å². The molecule has 98 valence electrons. The first-order valence-corrected chi connectivity index (χ1v) is 6.23. The Morgan fingerprint density at radius 1 is 1.61 bits per heavy atom. The van der Waals surface area contributed by atoms with Gasteiger partial charge in [0.15, 0.2) is 0 Å². The summed E-state index contributed by atoms with van der Waals surface area (Å²) in [4.78, 5) is 20.1. The second-order valence-electron chi connectivity index (χ2n) is 4.75. The van der Waals surface area contributed by atoms with Crippen molar-refractivity contribution >= 4 is 23.3 Å². The van der Waals surface area contributed by atoms with Crippen LogP contribution >= 0.6 is 11.6 Å². The van der Waals surface area contributed by atoms with Gasteiger partial charge in [0, 0.05) is 25.3 Å². The molecule has 2 N–H and O–H groups in total. The minimum Gasteiger partial charge on any atom is -0.384 e. The maximum absolute atomic E-state index is 12.3. The number of hydrogen-bond donors (Lipinski definition) is 1. The normalized spacial score (nSPS) is 19.6. The first kappa shape index (κ1) is 13.1. The lowest BCUT2D eigenvalue weighted by atomic mass is 10.2. The van der Waals surface area contributed by atoms with E-state index in [1.54, 1.807) is 0 Å². The van der Waals surface area contributed by atoms with Crippen molar-refractivity contribution in [1.29, 1.82) is 0 Å². The number of hydrogen-bond acceptors (Lipinski definition) is 4. The highest BCUT2D eigenvalue weighted by atomic mass is 35.5. The Labute approximate surface area is 112 Å². The fourth-order valence-electron chi connectivity index (χ4n) is 2.14. The summed E-state index contributed by atoms with van der Waals surface area (Å²) in [5, 5.41) is 0.350. The van der Waals surface area contributed by atoms with E-state index in [-0.39, 0.29) is 5.91 Å². The Hall–Kier alpha value is -1.33. The Kier molecular flexibility index (Phi) is 3.73. The lowest BCUT2D eigenvalue weighted by Gasteiger charge is -2.20. The number of amides is 1. The monoisotopic (exact) mass is 268 g/mol. The van der Waals surface area contributed by atoms with Crippen molar-refractivity contribution in [3.8, 4) is 0 Å². The van der Waals surface area contributed by atoms with Crippen LogP contribution in [0.2, 0.25) is 5.02 Å². The summed E-state index contributed by atoms with van der Waals surface area (Å²) in [6.45, 7) is 1.48. The lowest BCUT2D eigenvalue weighted by molar-refractivity contribution is 0.0783. The van der Waals surface area contributed by atoms with E-state index in [2.05, 4.69) is 9.88 Å². The largest absolute Gasteiger partial charge is 0.384 e. The first-order valence-electron chi connectivity index (χ1n) is 5.85. The standard InChI is InChI=1S/C12H17ClN4O/c1-16(2)8-3-4-17(7-8)12(18)9-5-11(14)15-6-10(9)13/h5-6,8H,3-4,7H2,1-2H3,(H2,14,15). The van der Waals surface area contributed by atoms with Gasteiger partial charge in [-0.25, -0.2) is 4.98 Å². The summed E-state index contributed by atoms with van der Waals surface area (Å²) in [6.07, 6.45) is 2.40. The second kappa shape index (κ2) is 5.12. The number of likely N-dealkylation sites (N-methyl/N-ethyl adjacent to an activating group) is 1. The maximum Gasteiger partial charge on any atom is 0.255 e. The van der Waals surface area contributed by atoms with Crippen LogP contribution in [0.1, 0.15) is 16.8 Å². The third kappa shape index (κ3) is 2.57. The van der Waals surface area contributed by atoms with Gasteiger partial charge in [-0.3, -0.25) is 4.79 Å². The predicted octanol–water partition coefficient (Wildman–Crippen LogP) is 1.09. The average molecular weight is 269 g/mol. The van der Waals surface area contributed by atoms with Gasteiger partial charge in [0.25, 0.3) is 5.91 Å². The predicted molar refractivity (Wildman–Crippen MR) is 71.7 cm³/mol. The van der Waals surface area contributed by atoms with E-state index in [0.29, 0.717) is 22.4 Å². The zero-order valence-electron chi connectivity index (χ0n) is 10.6. The minimum atomic E-state index is -0.0709. The number of pyridine rings is 1. The van der Waals surface area contributed by atoms with Gasteiger partial charge < -0.3 is 15.5 Å². The molecule has 1 atom stereocenters. The molecular weight excluding hydrogens is 252 g/mol. The topological polar surface area (TPSA) is 62.5 Å². The molecule has 18 heavy (non-hydrogen) atoms. The Bertz CT molecular complexity index is 463. The van der Waals surface area contributed by atoms with E-state index >= 15 is 0 Å². The number of aromatic nitrogens is 1. The maximum atomic E-state index is 12.3. The van der Waals surface area contributed by atoms with Gasteiger partial charge in [0.1, 0.15) is 5.82 Å². The highest BCUT2D eigenvalue weighted by Crippen LogP contribution is 2.22. The molecule has 1 aliphatic heterocycles. The molecule has 1 aliphatic rings. The van der Waals surface area contributed by atoms with Gasteiger partial charge in [-0.2, -0.15) is 0 Å². The third-order valence-corrected chi connectivity index (χ3v) is 3.59. The van der Waals surface area contributed by atoms with Crippen LogP contribution in [0.4, 0.5) is 5.82 Å². The van der Waals surface area contributed by atoms with E-state index in [1.165, 1.54) is 12.3 Å². The van der Waals surface area contributed by atoms with E-state index in [4.69, 9.17) is 17.3 Å². The number of nitrogen functional groups attached to an aromatic ring is 1. The van der Waals surface area contributed by atoms with Gasteiger partial charge >= 0.3 is 0 Å². The van der Waals surface area contributed by atoms with Crippen molar-refractivity contribution < 1.29 is 4.79 Å².